The van der Waals surface area contributed by atoms with Crippen molar-refractivity contribution < 1.29 is 19.1 Å². The molecule has 1 aliphatic rings. The predicted molar refractivity (Wildman–Crippen MR) is 111 cm³/mol. The molecule has 0 saturated carbocycles. The van der Waals surface area contributed by atoms with E-state index < -0.39 is 6.10 Å². The standard InChI is InChI=1S/C23H27FN2O3/c1-2-11-28-17-21(27)15-26(14-18-7-6-10-20(24)12-18)16-22-13-23(25-29-22)19-8-4-3-5-9-19/h2-10,12,21-22,27H,1,11,13-17H2/t21-,22-/m1/s1. The summed E-state index contributed by atoms with van der Waals surface area (Å²) >= 11 is 0. The Kier molecular flexibility index (Phi) is 7.93. The number of halogens is 1. The van der Waals surface area contributed by atoms with Gasteiger partial charge in [0, 0.05) is 26.1 Å². The molecule has 2 aromatic carbocycles. The van der Waals surface area contributed by atoms with E-state index in [9.17, 15) is 9.50 Å². The van der Waals surface area contributed by atoms with Gasteiger partial charge in [0.1, 0.15) is 11.9 Å². The molecule has 154 valence electrons. The summed E-state index contributed by atoms with van der Waals surface area (Å²) in [6.45, 7) is 5.65. The number of aliphatic hydroxyl groups excluding tert-OH is 1. The molecule has 0 unspecified atom stereocenters. The van der Waals surface area contributed by atoms with Gasteiger partial charge in [-0.1, -0.05) is 53.7 Å². The van der Waals surface area contributed by atoms with Crippen LogP contribution in [-0.4, -0.2) is 54.2 Å². The van der Waals surface area contributed by atoms with E-state index in [1.165, 1.54) is 12.1 Å². The first-order valence-electron chi connectivity index (χ1n) is 9.75. The summed E-state index contributed by atoms with van der Waals surface area (Å²) in [5.74, 6) is -0.274. The lowest BCUT2D eigenvalue weighted by Gasteiger charge is -2.27. The van der Waals surface area contributed by atoms with E-state index in [2.05, 4.69) is 11.7 Å². The van der Waals surface area contributed by atoms with Gasteiger partial charge in [-0.15, -0.1) is 6.58 Å². The normalized spacial score (nSPS) is 17.1. The van der Waals surface area contributed by atoms with Crippen LogP contribution in [0.2, 0.25) is 0 Å². The molecule has 5 nitrogen and oxygen atoms in total. The quantitative estimate of drug-likeness (QED) is 0.466. The van der Waals surface area contributed by atoms with Gasteiger partial charge in [-0.2, -0.15) is 0 Å². The Labute approximate surface area is 171 Å². The number of ether oxygens (including phenoxy) is 1. The topological polar surface area (TPSA) is 54.3 Å². The molecule has 0 fully saturated rings. The Balaban J connectivity index is 1.61. The summed E-state index contributed by atoms with van der Waals surface area (Å²) in [7, 11) is 0. The molecule has 1 aliphatic heterocycles. The highest BCUT2D eigenvalue weighted by atomic mass is 19.1. The van der Waals surface area contributed by atoms with Crippen molar-refractivity contribution in [1.82, 2.24) is 4.90 Å². The first-order valence-corrected chi connectivity index (χ1v) is 9.75. The van der Waals surface area contributed by atoms with E-state index in [1.54, 1.807) is 12.1 Å². The average Bonchev–Trinajstić information content (AvgIpc) is 3.17. The van der Waals surface area contributed by atoms with E-state index in [4.69, 9.17) is 9.57 Å². The van der Waals surface area contributed by atoms with Crippen LogP contribution in [0.15, 0.2) is 72.4 Å². The fourth-order valence-corrected chi connectivity index (χ4v) is 3.35. The first-order chi connectivity index (χ1) is 14.1. The van der Waals surface area contributed by atoms with Crippen LogP contribution in [0.25, 0.3) is 0 Å². The smallest absolute Gasteiger partial charge is 0.145 e. The van der Waals surface area contributed by atoms with Crippen LogP contribution in [0.1, 0.15) is 17.5 Å². The third-order valence-electron chi connectivity index (χ3n) is 4.61. The Morgan fingerprint density at radius 3 is 2.86 bits per heavy atom. The van der Waals surface area contributed by atoms with Crippen LogP contribution in [-0.2, 0) is 16.1 Å². The maximum absolute atomic E-state index is 13.6. The molecule has 0 spiro atoms. The van der Waals surface area contributed by atoms with Gasteiger partial charge < -0.3 is 14.7 Å². The maximum atomic E-state index is 13.6. The highest BCUT2D eigenvalue weighted by Crippen LogP contribution is 2.19. The Hall–Kier alpha value is -2.54. The van der Waals surface area contributed by atoms with Crippen molar-refractivity contribution in [2.45, 2.75) is 25.2 Å². The molecular weight excluding hydrogens is 371 g/mol. The van der Waals surface area contributed by atoms with Gasteiger partial charge in [-0.25, -0.2) is 4.39 Å². The number of oxime groups is 1. The second-order valence-corrected chi connectivity index (χ2v) is 7.14. The van der Waals surface area contributed by atoms with Crippen molar-refractivity contribution in [2.24, 2.45) is 5.16 Å². The molecule has 6 heteroatoms. The monoisotopic (exact) mass is 398 g/mol. The minimum absolute atomic E-state index is 0.125. The molecule has 0 bridgehead atoms. The minimum atomic E-state index is -0.667. The molecule has 0 aromatic heterocycles. The zero-order valence-electron chi connectivity index (χ0n) is 16.4. The minimum Gasteiger partial charge on any atom is -0.390 e. The van der Waals surface area contributed by atoms with E-state index in [0.717, 1.165) is 16.8 Å². The van der Waals surface area contributed by atoms with Gasteiger partial charge in [-0.3, -0.25) is 4.90 Å². The number of nitrogens with zero attached hydrogens (tertiary/aromatic N) is 2. The Morgan fingerprint density at radius 1 is 1.28 bits per heavy atom. The molecule has 2 aromatic rings. The van der Waals surface area contributed by atoms with Crippen LogP contribution >= 0.6 is 0 Å². The summed E-state index contributed by atoms with van der Waals surface area (Å²) in [6.07, 6.45) is 1.54. The summed E-state index contributed by atoms with van der Waals surface area (Å²) in [6, 6.07) is 16.4. The van der Waals surface area contributed by atoms with Gasteiger partial charge in [0.05, 0.1) is 25.0 Å². The van der Waals surface area contributed by atoms with E-state index in [0.29, 0.717) is 32.7 Å². The van der Waals surface area contributed by atoms with Crippen molar-refractivity contribution in [3.8, 4) is 0 Å². The van der Waals surface area contributed by atoms with Crippen molar-refractivity contribution in [3.05, 3.63) is 84.2 Å². The van der Waals surface area contributed by atoms with Crippen LogP contribution in [0.3, 0.4) is 0 Å². The fourth-order valence-electron chi connectivity index (χ4n) is 3.35. The van der Waals surface area contributed by atoms with Crippen molar-refractivity contribution in [2.75, 3.05) is 26.3 Å². The molecule has 1 heterocycles. The molecular formula is C23H27FN2O3. The van der Waals surface area contributed by atoms with Crippen LogP contribution in [0, 0.1) is 5.82 Å². The molecule has 1 N–H and O–H groups in total. The number of benzene rings is 2. The second kappa shape index (κ2) is 10.9. The zero-order chi connectivity index (χ0) is 20.5. The van der Waals surface area contributed by atoms with Crippen LogP contribution in [0.5, 0.6) is 0 Å². The Morgan fingerprint density at radius 2 is 2.10 bits per heavy atom. The molecule has 0 radical (unpaired) electrons. The highest BCUT2D eigenvalue weighted by molar-refractivity contribution is 6.01. The lowest BCUT2D eigenvalue weighted by atomic mass is 10.0. The summed E-state index contributed by atoms with van der Waals surface area (Å²) in [5.41, 5.74) is 2.80. The summed E-state index contributed by atoms with van der Waals surface area (Å²) in [4.78, 5) is 7.68. The van der Waals surface area contributed by atoms with E-state index in [-0.39, 0.29) is 18.5 Å². The lowest BCUT2D eigenvalue weighted by Crippen LogP contribution is -2.39. The third-order valence-corrected chi connectivity index (χ3v) is 4.61. The summed E-state index contributed by atoms with van der Waals surface area (Å²) < 4.78 is 18.9. The lowest BCUT2D eigenvalue weighted by molar-refractivity contribution is 0.00334. The van der Waals surface area contributed by atoms with E-state index in [1.807, 2.05) is 41.3 Å². The van der Waals surface area contributed by atoms with Crippen LogP contribution < -0.4 is 0 Å². The molecule has 29 heavy (non-hydrogen) atoms. The third kappa shape index (κ3) is 6.78. The Bertz CT molecular complexity index is 813. The number of hydrogen-bond acceptors (Lipinski definition) is 5. The number of rotatable bonds is 11. The molecule has 3 rings (SSSR count). The number of aliphatic hydroxyl groups is 1. The van der Waals surface area contributed by atoms with Gasteiger partial charge in [0.15, 0.2) is 0 Å². The molecule has 2 atom stereocenters. The molecule has 0 amide bonds. The SMILES string of the molecule is C=CCOC[C@H](O)CN(Cc1cccc(F)c1)C[C@H]1CC(c2ccccc2)=NO1. The largest absolute Gasteiger partial charge is 0.390 e. The highest BCUT2D eigenvalue weighted by Gasteiger charge is 2.25. The van der Waals surface area contributed by atoms with Gasteiger partial charge >= 0.3 is 0 Å². The number of hydrogen-bond donors (Lipinski definition) is 1. The van der Waals surface area contributed by atoms with Crippen molar-refractivity contribution in [3.63, 3.8) is 0 Å². The molecule has 0 saturated heterocycles. The molecule has 0 aliphatic carbocycles. The fraction of sp³-hybridized carbons (Fsp3) is 0.348. The first kappa shape index (κ1) is 21.2. The van der Waals surface area contributed by atoms with Gasteiger partial charge in [-0.05, 0) is 23.3 Å². The van der Waals surface area contributed by atoms with Gasteiger partial charge in [0.25, 0.3) is 0 Å². The van der Waals surface area contributed by atoms with Gasteiger partial charge in [0.2, 0.25) is 0 Å². The van der Waals surface area contributed by atoms with Crippen LogP contribution in [0.4, 0.5) is 4.39 Å². The predicted octanol–water partition coefficient (Wildman–Crippen LogP) is 3.38. The van der Waals surface area contributed by atoms with Crippen molar-refractivity contribution >= 4 is 5.71 Å². The maximum Gasteiger partial charge on any atom is 0.145 e. The summed E-state index contributed by atoms with van der Waals surface area (Å²) in [5, 5.41) is 14.6. The second-order valence-electron chi connectivity index (χ2n) is 7.14. The van der Waals surface area contributed by atoms with E-state index >= 15 is 0 Å². The average molecular weight is 398 g/mol. The zero-order valence-corrected chi connectivity index (χ0v) is 16.4. The van der Waals surface area contributed by atoms with Crippen molar-refractivity contribution in [1.29, 1.82) is 0 Å².